The maximum atomic E-state index is 3.70. The largest absolute Gasteiger partial charge is 0.0991 e. The summed E-state index contributed by atoms with van der Waals surface area (Å²) in [7, 11) is 0. The number of allylic oxidation sites excluding steroid dienone is 3. The molecule has 0 aliphatic heterocycles. The number of aryl methyl sites for hydroxylation is 2. The third-order valence-corrected chi connectivity index (χ3v) is 3.31. The zero-order valence-electron chi connectivity index (χ0n) is 19.7. The van der Waals surface area contributed by atoms with Crippen LogP contribution in [0.4, 0.5) is 0 Å². The van der Waals surface area contributed by atoms with Crippen molar-refractivity contribution in [2.24, 2.45) is 5.92 Å². The van der Waals surface area contributed by atoms with Crippen molar-refractivity contribution in [3.05, 3.63) is 53.6 Å². The van der Waals surface area contributed by atoms with E-state index in [1.807, 2.05) is 12.2 Å². The van der Waals surface area contributed by atoms with Crippen LogP contribution in [0.25, 0.3) is 5.57 Å². The van der Waals surface area contributed by atoms with Gasteiger partial charge in [0.2, 0.25) is 0 Å². The Morgan fingerprint density at radius 3 is 1.81 bits per heavy atom. The highest BCUT2D eigenvalue weighted by Gasteiger charge is 1.98. The summed E-state index contributed by atoms with van der Waals surface area (Å²) < 4.78 is 0. The fourth-order valence-electron chi connectivity index (χ4n) is 2.13. The highest BCUT2D eigenvalue weighted by Crippen LogP contribution is 2.19. The molecule has 0 bridgehead atoms. The van der Waals surface area contributed by atoms with Gasteiger partial charge in [0, 0.05) is 0 Å². The minimum atomic E-state index is 0.903. The van der Waals surface area contributed by atoms with Crippen molar-refractivity contribution in [1.29, 1.82) is 0 Å². The van der Waals surface area contributed by atoms with E-state index in [9.17, 15) is 0 Å². The minimum Gasteiger partial charge on any atom is -0.0991 e. The third kappa shape index (κ3) is 20.7. The minimum absolute atomic E-state index is 0.903. The number of hydrogen-bond donors (Lipinski definition) is 0. The number of benzene rings is 1. The monoisotopic (exact) mass is 360 g/mol. The van der Waals surface area contributed by atoms with E-state index in [1.54, 1.807) is 0 Å². The first-order valence-corrected chi connectivity index (χ1v) is 10.6. The summed E-state index contributed by atoms with van der Waals surface area (Å²) in [4.78, 5) is 0. The van der Waals surface area contributed by atoms with Crippen LogP contribution in [0.2, 0.25) is 0 Å². The number of hydrogen-bond acceptors (Lipinski definition) is 0. The summed E-state index contributed by atoms with van der Waals surface area (Å²) >= 11 is 0. The van der Waals surface area contributed by atoms with Gasteiger partial charge in [0.15, 0.2) is 0 Å². The zero-order chi connectivity index (χ0) is 21.0. The Labute approximate surface area is 166 Å². The van der Waals surface area contributed by atoms with Crippen molar-refractivity contribution in [3.8, 4) is 0 Å². The zero-order valence-corrected chi connectivity index (χ0v) is 19.7. The summed E-state index contributed by atoms with van der Waals surface area (Å²) in [6.07, 6.45) is 10.5. The molecule has 0 aliphatic rings. The number of rotatable bonds is 5. The summed E-state index contributed by atoms with van der Waals surface area (Å²) in [6, 6.07) is 6.51. The van der Waals surface area contributed by atoms with Crippen LogP contribution in [-0.2, 0) is 0 Å². The van der Waals surface area contributed by atoms with Gasteiger partial charge in [-0.1, -0.05) is 123 Å². The highest BCUT2D eigenvalue weighted by atomic mass is 14.0. The SMILES string of the molecule is C=C/C=C(/C)c1ccc(C)cc1C.CCC.CCC.CCCCC(C)C. The quantitative estimate of drug-likeness (QED) is 0.458. The van der Waals surface area contributed by atoms with Crippen LogP contribution in [0.15, 0.2) is 36.9 Å². The average molecular weight is 361 g/mol. The average Bonchev–Trinajstić information content (AvgIpc) is 2.55. The van der Waals surface area contributed by atoms with Crippen LogP contribution in [0.5, 0.6) is 0 Å². The van der Waals surface area contributed by atoms with Gasteiger partial charge >= 0.3 is 0 Å². The predicted molar refractivity (Wildman–Crippen MR) is 126 cm³/mol. The van der Waals surface area contributed by atoms with Gasteiger partial charge in [-0.2, -0.15) is 0 Å². The molecule has 0 spiro atoms. The Balaban J connectivity index is -0.000000343. The molecule has 0 aliphatic carbocycles. The van der Waals surface area contributed by atoms with E-state index in [1.165, 1.54) is 54.4 Å². The molecule has 0 heterocycles. The molecule has 0 nitrogen and oxygen atoms in total. The van der Waals surface area contributed by atoms with Gasteiger partial charge in [-0.05, 0) is 43.4 Å². The summed E-state index contributed by atoms with van der Waals surface area (Å²) in [5.41, 5.74) is 5.22. The number of unbranched alkanes of at least 4 members (excludes halogenated alkanes) is 1. The molecule has 0 aromatic heterocycles. The molecule has 0 heteroatoms. The van der Waals surface area contributed by atoms with E-state index in [4.69, 9.17) is 0 Å². The van der Waals surface area contributed by atoms with Crippen LogP contribution in [0.3, 0.4) is 0 Å². The Morgan fingerprint density at radius 2 is 1.50 bits per heavy atom. The van der Waals surface area contributed by atoms with E-state index < -0.39 is 0 Å². The van der Waals surface area contributed by atoms with Gasteiger partial charge in [0.05, 0.1) is 0 Å². The van der Waals surface area contributed by atoms with Gasteiger partial charge in [-0.25, -0.2) is 0 Å². The van der Waals surface area contributed by atoms with Gasteiger partial charge < -0.3 is 0 Å². The van der Waals surface area contributed by atoms with E-state index in [-0.39, 0.29) is 0 Å². The molecule has 0 atom stereocenters. The van der Waals surface area contributed by atoms with E-state index in [2.05, 4.69) is 94.0 Å². The van der Waals surface area contributed by atoms with Crippen molar-refractivity contribution in [1.82, 2.24) is 0 Å². The molecule has 1 rings (SSSR count). The first-order chi connectivity index (χ1) is 12.2. The first-order valence-electron chi connectivity index (χ1n) is 10.6. The van der Waals surface area contributed by atoms with Crippen LogP contribution in [0, 0.1) is 19.8 Å². The van der Waals surface area contributed by atoms with E-state index >= 15 is 0 Å². The highest BCUT2D eigenvalue weighted by molar-refractivity contribution is 5.67. The van der Waals surface area contributed by atoms with Crippen LogP contribution >= 0.6 is 0 Å². The maximum absolute atomic E-state index is 3.70. The smallest absolute Gasteiger partial charge is 0.0198 e. The molecule has 0 saturated heterocycles. The fourth-order valence-corrected chi connectivity index (χ4v) is 2.13. The summed E-state index contributed by atoms with van der Waals surface area (Å²) in [6.45, 7) is 25.3. The molecule has 1 aromatic carbocycles. The summed E-state index contributed by atoms with van der Waals surface area (Å²) in [5.74, 6) is 0.903. The van der Waals surface area contributed by atoms with Crippen LogP contribution < -0.4 is 0 Å². The van der Waals surface area contributed by atoms with Crippen LogP contribution in [0.1, 0.15) is 104 Å². The predicted octanol–water partition coefficient (Wildman–Crippen LogP) is 9.56. The lowest BCUT2D eigenvalue weighted by Gasteiger charge is -2.06. The second-order valence-corrected chi connectivity index (χ2v) is 7.35. The fraction of sp³-hybridized carbons (Fsp3) is 0.615. The van der Waals surface area contributed by atoms with Gasteiger partial charge in [-0.3, -0.25) is 0 Å². The van der Waals surface area contributed by atoms with Crippen molar-refractivity contribution in [3.63, 3.8) is 0 Å². The standard InChI is InChI=1S/C13H16.C7H16.2C3H8/c1-5-6-11(3)13-8-7-10(2)9-12(13)4;1-4-5-6-7(2)3;2*1-3-2/h5-9H,1H2,2-4H3;7H,4-6H2,1-3H3;2*3H2,1-2H3/b11-6-;;;. The first kappa shape index (κ1) is 29.5. The van der Waals surface area contributed by atoms with Gasteiger partial charge in [0.25, 0.3) is 0 Å². The molecule has 0 saturated carbocycles. The Kier molecular flexibility index (Phi) is 24.6. The van der Waals surface area contributed by atoms with Crippen molar-refractivity contribution in [2.45, 2.75) is 101 Å². The molecule has 0 N–H and O–H groups in total. The van der Waals surface area contributed by atoms with E-state index in [0.717, 1.165) is 5.92 Å². The Morgan fingerprint density at radius 1 is 1.00 bits per heavy atom. The van der Waals surface area contributed by atoms with Crippen LogP contribution in [-0.4, -0.2) is 0 Å². The normalized spacial score (nSPS) is 9.88. The Bertz CT molecular complexity index is 447. The second-order valence-electron chi connectivity index (χ2n) is 7.35. The molecule has 0 unspecified atom stereocenters. The molecule has 0 fully saturated rings. The topological polar surface area (TPSA) is 0 Å². The molecule has 26 heavy (non-hydrogen) atoms. The lowest BCUT2D eigenvalue weighted by molar-refractivity contribution is 0.550. The molecule has 0 radical (unpaired) electrons. The molecule has 0 amide bonds. The third-order valence-electron chi connectivity index (χ3n) is 3.31. The molecule has 1 aromatic rings. The van der Waals surface area contributed by atoms with Crippen molar-refractivity contribution < 1.29 is 0 Å². The summed E-state index contributed by atoms with van der Waals surface area (Å²) in [5, 5.41) is 0. The molecular weight excluding hydrogens is 312 g/mol. The lowest BCUT2D eigenvalue weighted by Crippen LogP contribution is -1.86. The van der Waals surface area contributed by atoms with Crippen molar-refractivity contribution >= 4 is 5.57 Å². The molecule has 152 valence electrons. The van der Waals surface area contributed by atoms with Gasteiger partial charge in [-0.15, -0.1) is 0 Å². The van der Waals surface area contributed by atoms with Gasteiger partial charge in [0.1, 0.15) is 0 Å². The maximum Gasteiger partial charge on any atom is -0.0198 e. The Hall–Kier alpha value is -1.30. The second kappa shape index (κ2) is 21.7. The molecular formula is C26H48. The lowest BCUT2D eigenvalue weighted by atomic mass is 10.00. The van der Waals surface area contributed by atoms with Crippen molar-refractivity contribution in [2.75, 3.05) is 0 Å². The van der Waals surface area contributed by atoms with E-state index in [0.29, 0.717) is 0 Å².